The zero-order valence-corrected chi connectivity index (χ0v) is 15.0. The third-order valence-electron chi connectivity index (χ3n) is 4.02. The third kappa shape index (κ3) is 4.63. The molecule has 2 rings (SSSR count). The fourth-order valence-corrected chi connectivity index (χ4v) is 3.00. The molecule has 0 bridgehead atoms. The summed E-state index contributed by atoms with van der Waals surface area (Å²) >= 11 is 6.15. The Hall–Kier alpha value is -2.24. The van der Waals surface area contributed by atoms with Crippen LogP contribution in [0.2, 0.25) is 0 Å². The summed E-state index contributed by atoms with van der Waals surface area (Å²) < 4.78 is 0. The molecule has 1 aromatic heterocycles. The van der Waals surface area contributed by atoms with Gasteiger partial charge in [0.25, 0.3) is 0 Å². The Balaban J connectivity index is 1.94. The first kappa shape index (κ1) is 18.1. The number of aromatic nitrogens is 1. The second kappa shape index (κ2) is 9.15. The standard InChI is InChI=1S/C21H23ClN2/c1-4-9-18(19(22)5-2)16(3)10-7-14-23-20-13-6-11-17-12-8-15-24-21(17)20/h2,4,6,8-9,11-13,15-16,23H,7,10,14H2,1,3H3/b9-4-,19-18-. The minimum Gasteiger partial charge on any atom is -0.383 e. The van der Waals surface area contributed by atoms with Crippen LogP contribution in [-0.2, 0) is 0 Å². The van der Waals surface area contributed by atoms with E-state index in [4.69, 9.17) is 18.0 Å². The van der Waals surface area contributed by atoms with Crippen molar-refractivity contribution in [3.05, 3.63) is 59.3 Å². The van der Waals surface area contributed by atoms with Gasteiger partial charge in [0.15, 0.2) is 0 Å². The van der Waals surface area contributed by atoms with Crippen molar-refractivity contribution in [2.24, 2.45) is 5.92 Å². The third-order valence-corrected chi connectivity index (χ3v) is 4.35. The molecule has 1 heterocycles. The van der Waals surface area contributed by atoms with E-state index < -0.39 is 0 Å². The van der Waals surface area contributed by atoms with Crippen LogP contribution in [0.3, 0.4) is 0 Å². The van der Waals surface area contributed by atoms with Crippen molar-refractivity contribution >= 4 is 28.2 Å². The Labute approximate surface area is 149 Å². The summed E-state index contributed by atoms with van der Waals surface area (Å²) in [5.41, 5.74) is 3.12. The lowest BCUT2D eigenvalue weighted by Crippen LogP contribution is -2.06. The molecule has 3 heteroatoms. The fourth-order valence-electron chi connectivity index (χ4n) is 2.75. The Bertz CT molecular complexity index is 779. The monoisotopic (exact) mass is 338 g/mol. The number of terminal acetylenes is 1. The van der Waals surface area contributed by atoms with Crippen molar-refractivity contribution < 1.29 is 0 Å². The van der Waals surface area contributed by atoms with Gasteiger partial charge in [0.1, 0.15) is 0 Å². The van der Waals surface area contributed by atoms with Crippen LogP contribution >= 0.6 is 11.6 Å². The first-order chi connectivity index (χ1) is 11.7. The minimum atomic E-state index is 0.331. The highest BCUT2D eigenvalue weighted by molar-refractivity contribution is 6.32. The number of hydrogen-bond acceptors (Lipinski definition) is 2. The number of anilines is 1. The van der Waals surface area contributed by atoms with E-state index >= 15 is 0 Å². The second-order valence-corrected chi connectivity index (χ2v) is 6.14. The van der Waals surface area contributed by atoms with Crippen molar-refractivity contribution in [1.82, 2.24) is 4.98 Å². The van der Waals surface area contributed by atoms with Gasteiger partial charge in [-0.3, -0.25) is 4.98 Å². The highest BCUT2D eigenvalue weighted by Gasteiger charge is 2.10. The Kier molecular flexibility index (Phi) is 6.90. The number of benzene rings is 1. The molecule has 124 valence electrons. The van der Waals surface area contributed by atoms with Gasteiger partial charge in [0.2, 0.25) is 0 Å². The van der Waals surface area contributed by atoms with Gasteiger partial charge in [-0.2, -0.15) is 0 Å². The normalized spacial score (nSPS) is 13.6. The zero-order chi connectivity index (χ0) is 17.4. The Morgan fingerprint density at radius 3 is 2.92 bits per heavy atom. The molecule has 1 unspecified atom stereocenters. The molecule has 0 amide bonds. The number of hydrogen-bond donors (Lipinski definition) is 1. The number of nitrogens with zero attached hydrogens (tertiary/aromatic N) is 1. The van der Waals surface area contributed by atoms with Crippen LogP contribution < -0.4 is 5.32 Å². The summed E-state index contributed by atoms with van der Waals surface area (Å²) in [4.78, 5) is 4.46. The predicted molar refractivity (Wildman–Crippen MR) is 105 cm³/mol. The molecule has 1 aromatic carbocycles. The summed E-state index contributed by atoms with van der Waals surface area (Å²) in [6, 6.07) is 10.2. The first-order valence-electron chi connectivity index (χ1n) is 8.24. The lowest BCUT2D eigenvalue weighted by molar-refractivity contribution is 0.601. The van der Waals surface area contributed by atoms with Crippen LogP contribution in [0.25, 0.3) is 10.9 Å². The number of pyridine rings is 1. The highest BCUT2D eigenvalue weighted by Crippen LogP contribution is 2.24. The summed E-state index contributed by atoms with van der Waals surface area (Å²) in [7, 11) is 0. The average molecular weight is 339 g/mol. The van der Waals surface area contributed by atoms with Gasteiger partial charge in [-0.25, -0.2) is 0 Å². The van der Waals surface area contributed by atoms with E-state index in [1.165, 1.54) is 0 Å². The van der Waals surface area contributed by atoms with Gasteiger partial charge in [-0.1, -0.05) is 54.8 Å². The van der Waals surface area contributed by atoms with E-state index in [1.54, 1.807) is 0 Å². The summed E-state index contributed by atoms with van der Waals surface area (Å²) in [6.07, 6.45) is 13.3. The van der Waals surface area contributed by atoms with Gasteiger partial charge < -0.3 is 5.32 Å². The molecular weight excluding hydrogens is 316 g/mol. The molecule has 0 saturated heterocycles. The molecule has 1 N–H and O–H groups in total. The maximum absolute atomic E-state index is 6.15. The lowest BCUT2D eigenvalue weighted by atomic mass is 9.95. The number of fused-ring (bicyclic) bond motifs is 1. The van der Waals surface area contributed by atoms with Gasteiger partial charge in [0.05, 0.1) is 16.2 Å². The van der Waals surface area contributed by atoms with Crippen molar-refractivity contribution in [3.8, 4) is 12.3 Å². The van der Waals surface area contributed by atoms with E-state index in [1.807, 2.05) is 31.3 Å². The van der Waals surface area contributed by atoms with Crippen molar-refractivity contribution in [1.29, 1.82) is 0 Å². The molecule has 0 saturated carbocycles. The smallest absolute Gasteiger partial charge is 0.0935 e. The van der Waals surface area contributed by atoms with E-state index in [-0.39, 0.29) is 0 Å². The number of nitrogens with one attached hydrogen (secondary N) is 1. The molecule has 24 heavy (non-hydrogen) atoms. The highest BCUT2D eigenvalue weighted by atomic mass is 35.5. The van der Waals surface area contributed by atoms with E-state index in [0.717, 1.165) is 41.5 Å². The number of halogens is 1. The van der Waals surface area contributed by atoms with Gasteiger partial charge in [-0.15, -0.1) is 6.42 Å². The Morgan fingerprint density at radius 2 is 2.17 bits per heavy atom. The maximum atomic E-state index is 6.15. The predicted octanol–water partition coefficient (Wildman–Crippen LogP) is 5.77. The summed E-state index contributed by atoms with van der Waals surface area (Å²) in [5.74, 6) is 2.87. The lowest BCUT2D eigenvalue weighted by Gasteiger charge is -2.14. The van der Waals surface area contributed by atoms with E-state index in [2.05, 4.69) is 47.4 Å². The molecule has 0 aliphatic heterocycles. The molecule has 0 aliphatic rings. The molecule has 0 radical (unpaired) electrons. The van der Waals surface area contributed by atoms with Crippen LogP contribution in [0.5, 0.6) is 0 Å². The summed E-state index contributed by atoms with van der Waals surface area (Å²) in [5, 5.41) is 5.14. The first-order valence-corrected chi connectivity index (χ1v) is 8.61. The number of allylic oxidation sites excluding steroid dienone is 4. The number of para-hydroxylation sites is 1. The van der Waals surface area contributed by atoms with Crippen LogP contribution in [0, 0.1) is 18.3 Å². The maximum Gasteiger partial charge on any atom is 0.0935 e. The average Bonchev–Trinajstić information content (AvgIpc) is 2.62. The largest absolute Gasteiger partial charge is 0.383 e. The van der Waals surface area contributed by atoms with Crippen molar-refractivity contribution in [2.45, 2.75) is 26.7 Å². The Morgan fingerprint density at radius 1 is 1.38 bits per heavy atom. The van der Waals surface area contributed by atoms with E-state index in [0.29, 0.717) is 11.0 Å². The van der Waals surface area contributed by atoms with Gasteiger partial charge in [0, 0.05) is 18.1 Å². The molecule has 0 aliphatic carbocycles. The van der Waals surface area contributed by atoms with Crippen molar-refractivity contribution in [2.75, 3.05) is 11.9 Å². The zero-order valence-electron chi connectivity index (χ0n) is 14.2. The fraction of sp³-hybridized carbons (Fsp3) is 0.286. The van der Waals surface area contributed by atoms with Crippen LogP contribution in [-0.4, -0.2) is 11.5 Å². The quantitative estimate of drug-likeness (QED) is 0.394. The SMILES string of the molecule is C#C/C(Cl)=C(\C=C/C)C(C)CCCNc1cccc2cccnc12. The second-order valence-electron chi connectivity index (χ2n) is 5.76. The van der Waals surface area contributed by atoms with Crippen molar-refractivity contribution in [3.63, 3.8) is 0 Å². The van der Waals surface area contributed by atoms with Gasteiger partial charge in [-0.05, 0) is 43.4 Å². The number of rotatable bonds is 7. The molecule has 1 atom stereocenters. The minimum absolute atomic E-state index is 0.331. The van der Waals surface area contributed by atoms with Crippen LogP contribution in [0.4, 0.5) is 5.69 Å². The molecule has 0 fully saturated rings. The molecule has 2 aromatic rings. The molecular formula is C21H23ClN2. The molecule has 2 nitrogen and oxygen atoms in total. The molecule has 0 spiro atoms. The summed E-state index contributed by atoms with van der Waals surface area (Å²) in [6.45, 7) is 5.02. The van der Waals surface area contributed by atoms with Gasteiger partial charge >= 0.3 is 0 Å². The van der Waals surface area contributed by atoms with Crippen LogP contribution in [0.15, 0.2) is 59.3 Å². The topological polar surface area (TPSA) is 24.9 Å². The van der Waals surface area contributed by atoms with Crippen LogP contribution in [0.1, 0.15) is 26.7 Å². The van der Waals surface area contributed by atoms with E-state index in [9.17, 15) is 0 Å².